The molecule has 0 saturated carbocycles. The zero-order valence-corrected chi connectivity index (χ0v) is 9.99. The lowest BCUT2D eigenvalue weighted by Crippen LogP contribution is -2.15. The van der Waals surface area contributed by atoms with Crippen LogP contribution in [0.3, 0.4) is 0 Å². The van der Waals surface area contributed by atoms with E-state index in [4.69, 9.17) is 9.47 Å². The standard InChI is InChI=1S/C13H20O2/c1-10(2)12-5-7-13(8-6-12)15-9-11(3)14-4/h5-8,10-11H,9H2,1-4H3. The molecule has 0 saturated heterocycles. The maximum Gasteiger partial charge on any atom is 0.119 e. The lowest BCUT2D eigenvalue weighted by Gasteiger charge is -2.12. The van der Waals surface area contributed by atoms with Gasteiger partial charge in [-0.2, -0.15) is 0 Å². The fourth-order valence-electron chi connectivity index (χ4n) is 1.23. The van der Waals surface area contributed by atoms with Gasteiger partial charge in [-0.25, -0.2) is 0 Å². The SMILES string of the molecule is COC(C)COc1ccc(C(C)C)cc1. The van der Waals surface area contributed by atoms with E-state index in [0.29, 0.717) is 12.5 Å². The monoisotopic (exact) mass is 208 g/mol. The molecule has 84 valence electrons. The second-order valence-corrected chi connectivity index (χ2v) is 4.08. The summed E-state index contributed by atoms with van der Waals surface area (Å²) < 4.78 is 10.7. The Morgan fingerprint density at radius 1 is 1.07 bits per heavy atom. The Bertz CT molecular complexity index is 277. The molecule has 0 aliphatic carbocycles. The molecule has 0 aliphatic heterocycles. The maximum atomic E-state index is 5.57. The number of rotatable bonds is 5. The smallest absolute Gasteiger partial charge is 0.119 e. The van der Waals surface area contributed by atoms with Crippen LogP contribution in [-0.4, -0.2) is 19.8 Å². The molecule has 0 spiro atoms. The fraction of sp³-hybridized carbons (Fsp3) is 0.538. The first-order valence-electron chi connectivity index (χ1n) is 5.39. The number of methoxy groups -OCH3 is 1. The lowest BCUT2D eigenvalue weighted by atomic mass is 10.0. The van der Waals surface area contributed by atoms with Gasteiger partial charge in [0, 0.05) is 7.11 Å². The van der Waals surface area contributed by atoms with Gasteiger partial charge in [-0.05, 0) is 30.5 Å². The first-order valence-corrected chi connectivity index (χ1v) is 5.39. The van der Waals surface area contributed by atoms with Crippen molar-refractivity contribution < 1.29 is 9.47 Å². The van der Waals surface area contributed by atoms with Gasteiger partial charge in [0.1, 0.15) is 12.4 Å². The summed E-state index contributed by atoms with van der Waals surface area (Å²) in [5.41, 5.74) is 1.34. The van der Waals surface area contributed by atoms with Crippen LogP contribution >= 0.6 is 0 Å². The topological polar surface area (TPSA) is 18.5 Å². The number of hydrogen-bond acceptors (Lipinski definition) is 2. The molecule has 0 N–H and O–H groups in total. The van der Waals surface area contributed by atoms with Gasteiger partial charge in [0.05, 0.1) is 6.10 Å². The molecule has 1 aromatic rings. The van der Waals surface area contributed by atoms with Gasteiger partial charge in [-0.3, -0.25) is 0 Å². The van der Waals surface area contributed by atoms with Gasteiger partial charge >= 0.3 is 0 Å². The fourth-order valence-corrected chi connectivity index (χ4v) is 1.23. The van der Waals surface area contributed by atoms with Crippen LogP contribution < -0.4 is 4.74 Å². The normalized spacial score (nSPS) is 12.9. The van der Waals surface area contributed by atoms with Crippen LogP contribution in [-0.2, 0) is 4.74 Å². The quantitative estimate of drug-likeness (QED) is 0.739. The minimum Gasteiger partial charge on any atom is -0.491 e. The summed E-state index contributed by atoms with van der Waals surface area (Å²) in [7, 11) is 1.69. The van der Waals surface area contributed by atoms with E-state index in [2.05, 4.69) is 26.0 Å². The zero-order chi connectivity index (χ0) is 11.3. The summed E-state index contributed by atoms with van der Waals surface area (Å²) in [5.74, 6) is 1.47. The molecular weight excluding hydrogens is 188 g/mol. The lowest BCUT2D eigenvalue weighted by molar-refractivity contribution is 0.0716. The van der Waals surface area contributed by atoms with Crippen molar-refractivity contribution in [3.8, 4) is 5.75 Å². The average molecular weight is 208 g/mol. The Balaban J connectivity index is 2.50. The van der Waals surface area contributed by atoms with E-state index in [1.807, 2.05) is 19.1 Å². The highest BCUT2D eigenvalue weighted by molar-refractivity contribution is 5.28. The second kappa shape index (κ2) is 5.76. The molecule has 1 atom stereocenters. The van der Waals surface area contributed by atoms with Gasteiger partial charge < -0.3 is 9.47 Å². The first-order chi connectivity index (χ1) is 7.13. The molecule has 0 heterocycles. The van der Waals surface area contributed by atoms with Gasteiger partial charge in [-0.1, -0.05) is 26.0 Å². The molecule has 0 radical (unpaired) electrons. The number of benzene rings is 1. The molecule has 0 fully saturated rings. The second-order valence-electron chi connectivity index (χ2n) is 4.08. The summed E-state index contributed by atoms with van der Waals surface area (Å²) in [4.78, 5) is 0. The molecular formula is C13H20O2. The molecule has 0 aromatic heterocycles. The van der Waals surface area contributed by atoms with E-state index in [-0.39, 0.29) is 6.10 Å². The van der Waals surface area contributed by atoms with Crippen molar-refractivity contribution in [1.29, 1.82) is 0 Å². The average Bonchev–Trinajstić information content (AvgIpc) is 2.26. The first kappa shape index (κ1) is 12.1. The van der Waals surface area contributed by atoms with Crippen molar-refractivity contribution in [2.24, 2.45) is 0 Å². The van der Waals surface area contributed by atoms with Gasteiger partial charge in [0.25, 0.3) is 0 Å². The van der Waals surface area contributed by atoms with Crippen LogP contribution in [0.1, 0.15) is 32.3 Å². The van der Waals surface area contributed by atoms with Crippen molar-refractivity contribution >= 4 is 0 Å². The summed E-state index contributed by atoms with van der Waals surface area (Å²) >= 11 is 0. The molecule has 2 nitrogen and oxygen atoms in total. The molecule has 1 unspecified atom stereocenters. The number of ether oxygens (including phenoxy) is 2. The van der Waals surface area contributed by atoms with E-state index < -0.39 is 0 Å². The van der Waals surface area contributed by atoms with Crippen molar-refractivity contribution in [1.82, 2.24) is 0 Å². The van der Waals surface area contributed by atoms with E-state index in [1.165, 1.54) is 5.56 Å². The van der Waals surface area contributed by atoms with E-state index in [1.54, 1.807) is 7.11 Å². The van der Waals surface area contributed by atoms with Crippen LogP contribution in [0.15, 0.2) is 24.3 Å². The summed E-state index contributed by atoms with van der Waals surface area (Å²) in [6.45, 7) is 6.95. The summed E-state index contributed by atoms with van der Waals surface area (Å²) in [6, 6.07) is 8.24. The molecule has 2 heteroatoms. The predicted octanol–water partition coefficient (Wildman–Crippen LogP) is 3.22. The number of hydrogen-bond donors (Lipinski definition) is 0. The third-order valence-corrected chi connectivity index (χ3v) is 2.43. The Morgan fingerprint density at radius 2 is 1.67 bits per heavy atom. The predicted molar refractivity (Wildman–Crippen MR) is 62.5 cm³/mol. The van der Waals surface area contributed by atoms with Crippen molar-refractivity contribution in [2.45, 2.75) is 32.8 Å². The third kappa shape index (κ3) is 3.92. The largest absolute Gasteiger partial charge is 0.491 e. The molecule has 0 aliphatic rings. The minimum absolute atomic E-state index is 0.134. The Kier molecular flexibility index (Phi) is 4.63. The highest BCUT2D eigenvalue weighted by atomic mass is 16.5. The minimum atomic E-state index is 0.134. The highest BCUT2D eigenvalue weighted by Crippen LogP contribution is 2.18. The van der Waals surface area contributed by atoms with Crippen molar-refractivity contribution in [3.63, 3.8) is 0 Å². The van der Waals surface area contributed by atoms with E-state index >= 15 is 0 Å². The van der Waals surface area contributed by atoms with Crippen molar-refractivity contribution in [3.05, 3.63) is 29.8 Å². The molecule has 0 amide bonds. The Hall–Kier alpha value is -1.02. The zero-order valence-electron chi connectivity index (χ0n) is 9.99. The maximum absolute atomic E-state index is 5.57. The Morgan fingerprint density at radius 3 is 2.13 bits per heavy atom. The highest BCUT2D eigenvalue weighted by Gasteiger charge is 2.02. The summed E-state index contributed by atoms with van der Waals surface area (Å²) in [6.07, 6.45) is 0.134. The van der Waals surface area contributed by atoms with Crippen molar-refractivity contribution in [2.75, 3.05) is 13.7 Å². The van der Waals surface area contributed by atoms with E-state index in [9.17, 15) is 0 Å². The van der Waals surface area contributed by atoms with Crippen LogP contribution in [0.25, 0.3) is 0 Å². The van der Waals surface area contributed by atoms with Crippen LogP contribution in [0.4, 0.5) is 0 Å². The van der Waals surface area contributed by atoms with Crippen LogP contribution in [0.2, 0.25) is 0 Å². The molecule has 15 heavy (non-hydrogen) atoms. The molecule has 1 aromatic carbocycles. The third-order valence-electron chi connectivity index (χ3n) is 2.43. The summed E-state index contributed by atoms with van der Waals surface area (Å²) in [5, 5.41) is 0. The molecule has 1 rings (SSSR count). The van der Waals surface area contributed by atoms with Gasteiger partial charge in [0.15, 0.2) is 0 Å². The van der Waals surface area contributed by atoms with Gasteiger partial charge in [-0.15, -0.1) is 0 Å². The van der Waals surface area contributed by atoms with Crippen LogP contribution in [0.5, 0.6) is 5.75 Å². The molecule has 0 bridgehead atoms. The van der Waals surface area contributed by atoms with Gasteiger partial charge in [0.2, 0.25) is 0 Å². The Labute approximate surface area is 92.2 Å². The van der Waals surface area contributed by atoms with Crippen LogP contribution in [0, 0.1) is 0 Å². The van der Waals surface area contributed by atoms with E-state index in [0.717, 1.165) is 5.75 Å².